The van der Waals surface area contributed by atoms with Gasteiger partial charge in [0.2, 0.25) is 0 Å². The second kappa shape index (κ2) is 17.1. The van der Waals surface area contributed by atoms with E-state index in [2.05, 4.69) is 0 Å². The first kappa shape index (κ1) is 35.9. The molecule has 4 rings (SSSR count). The van der Waals surface area contributed by atoms with Gasteiger partial charge in [-0.1, -0.05) is 77.8 Å². The van der Waals surface area contributed by atoms with Crippen molar-refractivity contribution in [2.24, 2.45) is 0 Å². The molecule has 42 heavy (non-hydrogen) atoms. The number of methoxy groups -OCH3 is 3. The molecule has 0 atom stereocenters. The second-order valence-corrected chi connectivity index (χ2v) is 11.0. The molecule has 0 heterocycles. The quantitative estimate of drug-likeness (QED) is 0.107. The Kier molecular flexibility index (Phi) is 14.6. The molecule has 0 bridgehead atoms. The van der Waals surface area contributed by atoms with Crippen LogP contribution in [0.5, 0.6) is 17.2 Å². The Hall–Kier alpha value is -2.29. The number of aryl methyl sites for hydroxylation is 1. The number of rotatable bonds is 7. The predicted octanol–water partition coefficient (Wildman–Crippen LogP) is 8.85. The van der Waals surface area contributed by atoms with E-state index >= 15 is 0 Å². The van der Waals surface area contributed by atoms with Gasteiger partial charge in [-0.2, -0.15) is 19.6 Å². The van der Waals surface area contributed by atoms with Crippen molar-refractivity contribution in [2.75, 3.05) is 21.3 Å². The molecule has 0 aliphatic heterocycles. The van der Waals surface area contributed by atoms with E-state index < -0.39 is 0 Å². The van der Waals surface area contributed by atoms with Crippen LogP contribution in [0.1, 0.15) is 27.8 Å². The summed E-state index contributed by atoms with van der Waals surface area (Å²) >= 11 is 34.2. The summed E-state index contributed by atoms with van der Waals surface area (Å²) in [6.45, 7) is 1.98. The maximum Gasteiger partial charge on any atom is 0.161 e. The molecular weight excluding hydrogens is 690 g/mol. The van der Waals surface area contributed by atoms with Crippen LogP contribution in [-0.4, -0.2) is 21.3 Å². The zero-order valence-corrected chi connectivity index (χ0v) is 28.8. The number of hydrogen-bond donors (Lipinski definition) is 0. The second-order valence-electron chi connectivity index (χ2n) is 8.53. The average molecular weight is 716 g/mol. The number of halogens is 2. The molecule has 0 radical (unpaired) electrons. The fourth-order valence-corrected chi connectivity index (χ4v) is 5.37. The minimum absolute atomic E-state index is 0. The molecule has 0 N–H and O–H groups in total. The molecule has 0 fully saturated rings. The van der Waals surface area contributed by atoms with Gasteiger partial charge in [-0.25, -0.2) is 0 Å². The third kappa shape index (κ3) is 8.87. The van der Waals surface area contributed by atoms with Gasteiger partial charge < -0.3 is 64.7 Å². The van der Waals surface area contributed by atoms with Gasteiger partial charge in [0.05, 0.1) is 21.3 Å². The minimum atomic E-state index is 0. The van der Waals surface area contributed by atoms with Crippen molar-refractivity contribution in [2.45, 2.75) is 6.92 Å². The molecule has 224 valence electrons. The van der Waals surface area contributed by atoms with E-state index in [0.29, 0.717) is 41.2 Å². The van der Waals surface area contributed by atoms with Crippen LogP contribution in [-0.2, 0) is 67.0 Å². The van der Waals surface area contributed by atoms with Gasteiger partial charge in [-0.15, -0.1) is 0 Å². The monoisotopic (exact) mass is 714 g/mol. The predicted molar refractivity (Wildman–Crippen MR) is 183 cm³/mol. The summed E-state index contributed by atoms with van der Waals surface area (Å²) in [5.41, 5.74) is 4.27. The van der Waals surface area contributed by atoms with Gasteiger partial charge in [0.1, 0.15) is 5.75 Å². The molecule has 0 saturated heterocycles. The topological polar surface area (TPSA) is 27.7 Å². The van der Waals surface area contributed by atoms with E-state index in [1.54, 1.807) is 33.5 Å². The maximum atomic E-state index is 6.17. The summed E-state index contributed by atoms with van der Waals surface area (Å²) < 4.78 is 15.8. The SMILES string of the molecule is COc1cc(C([S-])=C([S-])c2ccccc2Cl)ccc1C.COc1ccc(C([S-])=C([S-])c2ccccc2Cl)cc1OC.[Ni]. The van der Waals surface area contributed by atoms with Crippen LogP contribution < -0.4 is 14.2 Å². The Morgan fingerprint density at radius 1 is 0.524 bits per heavy atom. The first-order chi connectivity index (χ1) is 19.6. The fraction of sp³-hybridized carbons (Fsp3) is 0.125. The van der Waals surface area contributed by atoms with E-state index in [1.807, 2.05) is 79.7 Å². The Morgan fingerprint density at radius 3 is 1.36 bits per heavy atom. The summed E-state index contributed by atoms with van der Waals surface area (Å²) in [5, 5.41) is 1.20. The Balaban J connectivity index is 0.000000287. The van der Waals surface area contributed by atoms with Gasteiger partial charge in [-0.05, 0) is 65.1 Å². The third-order valence-corrected chi connectivity index (χ3v) is 8.61. The molecule has 0 aliphatic rings. The van der Waals surface area contributed by atoms with Crippen molar-refractivity contribution >= 4 is 93.3 Å². The normalized spacial score (nSPS) is 11.6. The summed E-state index contributed by atoms with van der Waals surface area (Å²) in [6, 6.07) is 26.1. The third-order valence-electron chi connectivity index (χ3n) is 5.97. The van der Waals surface area contributed by atoms with Crippen LogP contribution in [0.3, 0.4) is 0 Å². The zero-order chi connectivity index (χ0) is 30.1. The summed E-state index contributed by atoms with van der Waals surface area (Å²) in [5.74, 6) is 2.05. The zero-order valence-electron chi connectivity index (χ0n) is 23.0. The van der Waals surface area contributed by atoms with E-state index in [1.165, 1.54) is 0 Å². The summed E-state index contributed by atoms with van der Waals surface area (Å²) in [4.78, 5) is 2.28. The van der Waals surface area contributed by atoms with Crippen molar-refractivity contribution in [3.63, 3.8) is 0 Å². The molecular formula is C32H26Cl2NiO3S4-4. The first-order valence-electron chi connectivity index (χ1n) is 12.2. The molecule has 0 amide bonds. The summed E-state index contributed by atoms with van der Waals surface area (Å²) in [6.07, 6.45) is 0. The van der Waals surface area contributed by atoms with E-state index in [9.17, 15) is 0 Å². The minimum Gasteiger partial charge on any atom is -0.780 e. The van der Waals surface area contributed by atoms with Gasteiger partial charge >= 0.3 is 0 Å². The first-order valence-corrected chi connectivity index (χ1v) is 14.6. The number of ether oxygens (including phenoxy) is 3. The van der Waals surface area contributed by atoms with Crippen molar-refractivity contribution in [1.82, 2.24) is 0 Å². The van der Waals surface area contributed by atoms with Crippen molar-refractivity contribution < 1.29 is 30.7 Å². The van der Waals surface area contributed by atoms with E-state index in [-0.39, 0.29) is 16.5 Å². The van der Waals surface area contributed by atoms with Crippen molar-refractivity contribution in [3.8, 4) is 17.2 Å². The van der Waals surface area contributed by atoms with Crippen LogP contribution in [0, 0.1) is 6.92 Å². The molecule has 4 aromatic rings. The molecule has 0 spiro atoms. The molecule has 3 nitrogen and oxygen atoms in total. The van der Waals surface area contributed by atoms with Gasteiger partial charge in [-0.3, -0.25) is 0 Å². The van der Waals surface area contributed by atoms with Gasteiger partial charge in [0.25, 0.3) is 0 Å². The molecule has 0 aromatic heterocycles. The molecule has 0 unspecified atom stereocenters. The Morgan fingerprint density at radius 2 is 0.929 bits per heavy atom. The van der Waals surface area contributed by atoms with Crippen LogP contribution in [0.4, 0.5) is 0 Å². The Bertz CT molecular complexity index is 1590. The molecule has 0 aliphatic carbocycles. The van der Waals surface area contributed by atoms with Gasteiger partial charge in [0, 0.05) is 26.5 Å². The van der Waals surface area contributed by atoms with Crippen LogP contribution in [0.2, 0.25) is 10.0 Å². The number of hydrogen-bond acceptors (Lipinski definition) is 7. The maximum absolute atomic E-state index is 6.17. The van der Waals surface area contributed by atoms with Gasteiger partial charge in [0.15, 0.2) is 11.5 Å². The van der Waals surface area contributed by atoms with Crippen LogP contribution >= 0.6 is 23.2 Å². The largest absolute Gasteiger partial charge is 0.780 e. The van der Waals surface area contributed by atoms with Crippen LogP contribution in [0.25, 0.3) is 19.6 Å². The summed E-state index contributed by atoms with van der Waals surface area (Å²) in [7, 11) is 4.81. The molecule has 0 saturated carbocycles. The van der Waals surface area contributed by atoms with Crippen molar-refractivity contribution in [1.29, 1.82) is 0 Å². The molecule has 4 aromatic carbocycles. The Labute approximate surface area is 290 Å². The van der Waals surface area contributed by atoms with Crippen LogP contribution in [0.15, 0.2) is 84.9 Å². The smallest absolute Gasteiger partial charge is 0.161 e. The van der Waals surface area contributed by atoms with Crippen molar-refractivity contribution in [3.05, 3.63) is 123 Å². The van der Waals surface area contributed by atoms with E-state index in [0.717, 1.165) is 33.6 Å². The fourth-order valence-electron chi connectivity index (χ4n) is 3.74. The average Bonchev–Trinajstić information content (AvgIpc) is 3.00. The molecule has 10 heteroatoms. The number of benzene rings is 4. The van der Waals surface area contributed by atoms with E-state index in [4.69, 9.17) is 87.9 Å². The standard InChI is InChI=1S/C16H15ClO2S2.C16H15ClOS2.Ni/c1-18-13-8-7-10(9-14(13)19-2)15(20)16(21)11-5-3-4-6-12(11)17;1-10-7-8-11(9-14(10)18-2)15(19)16(20)12-5-3-4-6-13(12)17;/h3-9,20-21H,1-2H3;3-9,19-20H,1-2H3;/p-4.